The van der Waals surface area contributed by atoms with Crippen LogP contribution in [0.15, 0.2) is 188 Å². The number of hydrogen-bond donors (Lipinski definition) is 0. The second-order valence-electron chi connectivity index (χ2n) is 12.1. The van der Waals surface area contributed by atoms with Gasteiger partial charge >= 0.3 is 0 Å². The lowest BCUT2D eigenvalue weighted by Gasteiger charge is -2.32. The highest BCUT2D eigenvalue weighted by atomic mass is 32.1. The van der Waals surface area contributed by atoms with Crippen molar-refractivity contribution in [2.45, 2.75) is 0 Å². The molecule has 0 atom stereocenters. The molecule has 1 nitrogen and oxygen atoms in total. The van der Waals surface area contributed by atoms with E-state index in [1.165, 1.54) is 64.3 Å². The topological polar surface area (TPSA) is 3.24 Å². The van der Waals surface area contributed by atoms with Gasteiger partial charge in [0, 0.05) is 42.6 Å². The lowest BCUT2D eigenvalue weighted by Crippen LogP contribution is -2.14. The van der Waals surface area contributed by atoms with Crippen LogP contribution in [0.25, 0.3) is 64.3 Å². The average Bonchev–Trinajstić information content (AvgIpc) is 3.54. The molecule has 1 aromatic heterocycles. The van der Waals surface area contributed by atoms with Crippen molar-refractivity contribution >= 4 is 59.3 Å². The first-order valence-corrected chi connectivity index (χ1v) is 17.2. The van der Waals surface area contributed by atoms with Gasteiger partial charge in [-0.2, -0.15) is 0 Å². The van der Waals surface area contributed by atoms with Crippen molar-refractivity contribution in [1.29, 1.82) is 0 Å². The van der Waals surface area contributed by atoms with Crippen LogP contribution in [-0.2, 0) is 0 Å². The highest BCUT2D eigenvalue weighted by Crippen LogP contribution is 2.50. The molecule has 9 rings (SSSR count). The molecule has 0 spiro atoms. The number of rotatable bonds is 6. The highest BCUT2D eigenvalue weighted by Gasteiger charge is 2.25. The van der Waals surface area contributed by atoms with E-state index in [0.717, 1.165) is 17.1 Å². The second kappa shape index (κ2) is 12.0. The molecular formula is C46H31NS. The quantitative estimate of drug-likeness (QED) is 0.177. The molecule has 8 aromatic carbocycles. The van der Waals surface area contributed by atoms with Gasteiger partial charge in [-0.05, 0) is 57.8 Å². The number of thiophene rings is 1. The van der Waals surface area contributed by atoms with Gasteiger partial charge in [-0.1, -0.05) is 158 Å². The minimum Gasteiger partial charge on any atom is -0.309 e. The molecule has 0 aliphatic rings. The minimum atomic E-state index is 1.13. The van der Waals surface area contributed by atoms with E-state index in [1.807, 2.05) is 11.3 Å². The Morgan fingerprint density at radius 3 is 1.52 bits per heavy atom. The Kier molecular flexibility index (Phi) is 7.07. The molecule has 0 amide bonds. The van der Waals surface area contributed by atoms with E-state index in [1.54, 1.807) is 0 Å². The second-order valence-corrected chi connectivity index (χ2v) is 13.2. The van der Waals surface area contributed by atoms with Crippen LogP contribution >= 0.6 is 11.3 Å². The van der Waals surface area contributed by atoms with E-state index in [4.69, 9.17) is 0 Å². The first-order chi connectivity index (χ1) is 23.8. The fourth-order valence-electron chi connectivity index (χ4n) is 6.99. The number of fused-ring (bicyclic) bond motifs is 4. The molecule has 0 bridgehead atoms. The number of anilines is 3. The summed E-state index contributed by atoms with van der Waals surface area (Å²) in [6.45, 7) is 0. The summed E-state index contributed by atoms with van der Waals surface area (Å²) in [6, 6.07) is 68.3. The van der Waals surface area contributed by atoms with E-state index >= 15 is 0 Å². The molecule has 0 aliphatic heterocycles. The minimum absolute atomic E-state index is 1.13. The van der Waals surface area contributed by atoms with Crippen LogP contribution in [0, 0.1) is 0 Å². The molecular weight excluding hydrogens is 599 g/mol. The van der Waals surface area contributed by atoms with E-state index in [9.17, 15) is 0 Å². The lowest BCUT2D eigenvalue weighted by molar-refractivity contribution is 1.29. The molecule has 1 heterocycles. The Morgan fingerprint density at radius 1 is 0.354 bits per heavy atom. The maximum Gasteiger partial charge on any atom is 0.0618 e. The number of nitrogens with zero attached hydrogens (tertiary/aromatic N) is 1. The summed E-state index contributed by atoms with van der Waals surface area (Å²) in [5.74, 6) is 0. The van der Waals surface area contributed by atoms with Gasteiger partial charge in [-0.25, -0.2) is 0 Å². The van der Waals surface area contributed by atoms with Gasteiger partial charge in [-0.15, -0.1) is 11.3 Å². The van der Waals surface area contributed by atoms with Gasteiger partial charge in [0.05, 0.1) is 11.4 Å². The van der Waals surface area contributed by atoms with Crippen LogP contribution in [0.4, 0.5) is 17.1 Å². The van der Waals surface area contributed by atoms with E-state index in [0.29, 0.717) is 0 Å². The fraction of sp³-hybridized carbons (Fsp3) is 0. The Bertz CT molecular complexity index is 2490. The van der Waals surface area contributed by atoms with Crippen molar-refractivity contribution < 1.29 is 0 Å². The molecule has 0 saturated heterocycles. The maximum atomic E-state index is 2.52. The Hall–Kier alpha value is -5.96. The third kappa shape index (κ3) is 4.95. The summed E-state index contributed by atoms with van der Waals surface area (Å²) >= 11 is 1.86. The fourth-order valence-corrected chi connectivity index (χ4v) is 8.13. The Labute approximate surface area is 284 Å². The van der Waals surface area contributed by atoms with E-state index in [2.05, 4.69) is 193 Å². The molecule has 2 heteroatoms. The molecule has 0 N–H and O–H groups in total. The van der Waals surface area contributed by atoms with Gasteiger partial charge in [0.1, 0.15) is 0 Å². The zero-order valence-corrected chi connectivity index (χ0v) is 27.1. The summed E-state index contributed by atoms with van der Waals surface area (Å²) in [5, 5.41) is 5.03. The van der Waals surface area contributed by atoms with Gasteiger partial charge in [0.2, 0.25) is 0 Å². The molecule has 0 radical (unpaired) electrons. The van der Waals surface area contributed by atoms with Gasteiger partial charge in [-0.3, -0.25) is 0 Å². The standard InChI is InChI=1S/C46H31NS/c1-4-15-32(16-5-1)38-24-14-25-39(33-17-6-2-7-18-33)46(38)47(37-27-28-41-40-23-12-13-26-44(40)48-45(41)31-37)43-30-36-22-11-10-21-35(36)29-42(43)34-19-8-3-9-20-34/h1-31H. The molecule has 9 aromatic rings. The van der Waals surface area contributed by atoms with Crippen molar-refractivity contribution in [1.82, 2.24) is 0 Å². The molecule has 48 heavy (non-hydrogen) atoms. The van der Waals surface area contributed by atoms with Crippen LogP contribution in [0.2, 0.25) is 0 Å². The normalized spacial score (nSPS) is 11.3. The van der Waals surface area contributed by atoms with Crippen molar-refractivity contribution in [2.24, 2.45) is 0 Å². The van der Waals surface area contributed by atoms with Gasteiger partial charge in [0.15, 0.2) is 0 Å². The van der Waals surface area contributed by atoms with E-state index in [-0.39, 0.29) is 0 Å². The third-order valence-corrected chi connectivity index (χ3v) is 10.4. The van der Waals surface area contributed by atoms with Crippen molar-refractivity contribution in [3.05, 3.63) is 188 Å². The Morgan fingerprint density at radius 2 is 0.875 bits per heavy atom. The summed E-state index contributed by atoms with van der Waals surface area (Å²) in [7, 11) is 0. The zero-order chi connectivity index (χ0) is 31.9. The van der Waals surface area contributed by atoms with Crippen LogP contribution in [0.5, 0.6) is 0 Å². The van der Waals surface area contributed by atoms with Crippen LogP contribution in [0.3, 0.4) is 0 Å². The first-order valence-electron chi connectivity index (χ1n) is 16.4. The predicted molar refractivity (Wildman–Crippen MR) is 208 cm³/mol. The predicted octanol–water partition coefficient (Wildman–Crippen LogP) is 13.7. The monoisotopic (exact) mass is 629 g/mol. The summed E-state index contributed by atoms with van der Waals surface area (Å²) in [4.78, 5) is 2.52. The Balaban J connectivity index is 1.42. The largest absolute Gasteiger partial charge is 0.309 e. The van der Waals surface area contributed by atoms with Crippen molar-refractivity contribution in [3.8, 4) is 33.4 Å². The number of benzene rings is 8. The summed E-state index contributed by atoms with van der Waals surface area (Å²) < 4.78 is 2.58. The molecule has 0 aliphatic carbocycles. The molecule has 0 saturated carbocycles. The number of para-hydroxylation sites is 1. The maximum absolute atomic E-state index is 2.52. The summed E-state index contributed by atoms with van der Waals surface area (Å²) in [6.07, 6.45) is 0. The van der Waals surface area contributed by atoms with Gasteiger partial charge < -0.3 is 4.90 Å². The first kappa shape index (κ1) is 28.3. The number of hydrogen-bond acceptors (Lipinski definition) is 2. The highest BCUT2D eigenvalue weighted by molar-refractivity contribution is 7.25. The van der Waals surface area contributed by atoms with Crippen molar-refractivity contribution in [2.75, 3.05) is 4.90 Å². The zero-order valence-electron chi connectivity index (χ0n) is 26.3. The molecule has 0 unspecified atom stereocenters. The smallest absolute Gasteiger partial charge is 0.0618 e. The van der Waals surface area contributed by atoms with Crippen LogP contribution in [0.1, 0.15) is 0 Å². The van der Waals surface area contributed by atoms with E-state index < -0.39 is 0 Å². The van der Waals surface area contributed by atoms with Crippen molar-refractivity contribution in [3.63, 3.8) is 0 Å². The van der Waals surface area contributed by atoms with Gasteiger partial charge in [0.25, 0.3) is 0 Å². The lowest BCUT2D eigenvalue weighted by atomic mass is 9.92. The molecule has 226 valence electrons. The average molecular weight is 630 g/mol. The molecule has 0 fully saturated rings. The SMILES string of the molecule is c1ccc(-c2cc3ccccc3cc2N(c2ccc3c(c2)sc2ccccc23)c2c(-c3ccccc3)cccc2-c2ccccc2)cc1. The third-order valence-electron chi connectivity index (χ3n) is 9.24. The summed E-state index contributed by atoms with van der Waals surface area (Å²) in [5.41, 5.74) is 10.5. The van der Waals surface area contributed by atoms with Crippen LogP contribution < -0.4 is 4.90 Å². The van der Waals surface area contributed by atoms with Crippen LogP contribution in [-0.4, -0.2) is 0 Å².